The summed E-state index contributed by atoms with van der Waals surface area (Å²) < 4.78 is 4.40. The molecule has 0 saturated carbocycles. The fourth-order valence-electron chi connectivity index (χ4n) is 0.370. The summed E-state index contributed by atoms with van der Waals surface area (Å²) in [5.74, 6) is -0.657. The van der Waals surface area contributed by atoms with Crippen molar-refractivity contribution in [2.45, 2.75) is 0 Å². The molecule has 0 unspecified atom stereocenters. The zero-order chi connectivity index (χ0) is 9.40. The maximum atomic E-state index is 10.0. The third-order valence-corrected chi connectivity index (χ3v) is 2.28. The van der Waals surface area contributed by atoms with Gasteiger partial charge in [0, 0.05) is 12.2 Å². The molecular formula is C4H5NO3S4. The van der Waals surface area contributed by atoms with Crippen LogP contribution < -0.4 is 5.32 Å². The van der Waals surface area contributed by atoms with Gasteiger partial charge in [-0.15, -0.1) is 0 Å². The van der Waals surface area contributed by atoms with Crippen LogP contribution in [0, 0.1) is 0 Å². The molecule has 0 spiro atoms. The van der Waals surface area contributed by atoms with Crippen LogP contribution in [-0.4, -0.2) is 11.8 Å². The van der Waals surface area contributed by atoms with Gasteiger partial charge in [-0.05, 0) is 0 Å². The molecule has 8 heteroatoms. The number of hydrogen-bond acceptors (Lipinski definition) is 7. The van der Waals surface area contributed by atoms with E-state index >= 15 is 0 Å². The molecule has 1 aliphatic rings. The lowest BCUT2D eigenvalue weighted by Crippen LogP contribution is -2.19. The first-order valence-electron chi connectivity index (χ1n) is 2.52. The number of carbonyl (C=O) groups is 2. The first kappa shape index (κ1) is 12.2. The second-order valence-corrected chi connectivity index (χ2v) is 3.14. The van der Waals surface area contributed by atoms with E-state index < -0.39 is 0 Å². The van der Waals surface area contributed by atoms with Crippen molar-refractivity contribution in [3.63, 3.8) is 0 Å². The first-order valence-corrected chi connectivity index (χ1v) is 6.11. The van der Waals surface area contributed by atoms with Crippen molar-refractivity contribution in [2.75, 3.05) is 0 Å². The van der Waals surface area contributed by atoms with Gasteiger partial charge in [-0.2, -0.15) is 0 Å². The molecule has 68 valence electrons. The van der Waals surface area contributed by atoms with E-state index in [-0.39, 0.29) is 11.8 Å². The lowest BCUT2D eigenvalue weighted by Gasteiger charge is -1.80. The van der Waals surface area contributed by atoms with Gasteiger partial charge in [-0.1, -0.05) is 23.3 Å². The van der Waals surface area contributed by atoms with E-state index in [4.69, 9.17) is 0 Å². The van der Waals surface area contributed by atoms with Gasteiger partial charge in [0.2, 0.25) is 0 Å². The molecular weight excluding hydrogens is 238 g/mol. The first-order chi connectivity index (χ1) is 5.70. The Morgan fingerprint density at radius 2 is 1.58 bits per heavy atom. The van der Waals surface area contributed by atoms with Crippen LogP contribution in [0.2, 0.25) is 0 Å². The van der Waals surface area contributed by atoms with Crippen molar-refractivity contribution < 1.29 is 13.2 Å². The van der Waals surface area contributed by atoms with E-state index in [1.807, 2.05) is 5.32 Å². The summed E-state index contributed by atoms with van der Waals surface area (Å²) in [5, 5.41) is 2.03. The van der Waals surface area contributed by atoms with Crippen molar-refractivity contribution in [3.05, 3.63) is 12.2 Å². The number of hydrogen-bond donors (Lipinski definition) is 3. The van der Waals surface area contributed by atoms with E-state index in [0.717, 1.165) is 22.1 Å². The Labute approximate surface area is 87.9 Å². The number of nitrogens with one attached hydrogen (secondary N) is 1. The fraction of sp³-hybridized carbons (Fsp3) is 0. The topological polar surface area (TPSA) is 55.4 Å². The minimum Gasteiger partial charge on any atom is -0.289 e. The Balaban J connectivity index is 0.000000217. The zero-order valence-electron chi connectivity index (χ0n) is 5.59. The molecule has 0 fully saturated rings. The molecule has 0 saturated heterocycles. The molecule has 0 atom stereocenters. The average molecular weight is 243 g/mol. The number of imide groups is 1. The third kappa shape index (κ3) is 6.92. The minimum atomic E-state index is -0.329. The summed E-state index contributed by atoms with van der Waals surface area (Å²) >= 11 is 9.22. The summed E-state index contributed by atoms with van der Waals surface area (Å²) in [5.41, 5.74) is 0. The van der Waals surface area contributed by atoms with Crippen LogP contribution in [0.4, 0.5) is 0 Å². The maximum absolute atomic E-state index is 10.0. The minimum absolute atomic E-state index is 0.329. The Morgan fingerprint density at radius 3 is 1.67 bits per heavy atom. The molecule has 1 heterocycles. The van der Waals surface area contributed by atoms with Crippen LogP contribution >= 0.6 is 45.5 Å². The lowest BCUT2D eigenvalue weighted by atomic mass is 10.6. The summed E-state index contributed by atoms with van der Waals surface area (Å²) in [6, 6.07) is 0. The van der Waals surface area contributed by atoms with Crippen LogP contribution in [0.1, 0.15) is 0 Å². The molecule has 0 aromatic carbocycles. The van der Waals surface area contributed by atoms with Crippen molar-refractivity contribution in [2.24, 2.45) is 0 Å². The quantitative estimate of drug-likeness (QED) is 0.294. The van der Waals surface area contributed by atoms with Crippen LogP contribution in [0.3, 0.4) is 0 Å². The van der Waals surface area contributed by atoms with Crippen molar-refractivity contribution in [3.8, 4) is 0 Å². The molecule has 0 bridgehead atoms. The highest BCUT2D eigenvalue weighted by Crippen LogP contribution is 2.19. The third-order valence-electron chi connectivity index (χ3n) is 0.693. The fourth-order valence-corrected chi connectivity index (χ4v) is 1.46. The highest BCUT2D eigenvalue weighted by atomic mass is 33.1. The van der Waals surface area contributed by atoms with Gasteiger partial charge in [-0.25, -0.2) is 3.63 Å². The maximum Gasteiger partial charge on any atom is 0.250 e. The lowest BCUT2D eigenvalue weighted by molar-refractivity contribution is -0.123. The van der Waals surface area contributed by atoms with E-state index in [1.165, 1.54) is 12.2 Å². The van der Waals surface area contributed by atoms with Gasteiger partial charge in [0.1, 0.15) is 0 Å². The molecule has 0 radical (unpaired) electrons. The van der Waals surface area contributed by atoms with E-state index in [9.17, 15) is 9.59 Å². The monoisotopic (exact) mass is 243 g/mol. The molecule has 0 aromatic rings. The Kier molecular flexibility index (Phi) is 8.02. The second kappa shape index (κ2) is 7.87. The van der Waals surface area contributed by atoms with Crippen LogP contribution in [-0.2, 0) is 13.2 Å². The predicted molar refractivity (Wildman–Crippen MR) is 56.5 cm³/mol. The summed E-state index contributed by atoms with van der Waals surface area (Å²) in [7, 11) is 0. The van der Waals surface area contributed by atoms with Gasteiger partial charge < -0.3 is 0 Å². The standard InChI is InChI=1S/C4H3NO2.H2OS4/c6-3-1-2-4(7)5-3;2-4-1-5-3/h1-2H,(H,5,6,7);2-3H. The Morgan fingerprint density at radius 1 is 1.17 bits per heavy atom. The Bertz CT molecular complexity index is 177. The molecule has 4 nitrogen and oxygen atoms in total. The van der Waals surface area contributed by atoms with Gasteiger partial charge in [-0.3, -0.25) is 14.9 Å². The molecule has 0 aliphatic carbocycles. The molecule has 2 amide bonds. The van der Waals surface area contributed by atoms with Crippen molar-refractivity contribution in [1.29, 1.82) is 0 Å². The highest BCUT2D eigenvalue weighted by molar-refractivity contribution is 8.73. The molecule has 1 N–H and O–H groups in total. The van der Waals surface area contributed by atoms with Gasteiger partial charge in [0.25, 0.3) is 11.8 Å². The van der Waals surface area contributed by atoms with Gasteiger partial charge in [0.15, 0.2) is 0 Å². The SMILES string of the molecule is O=C1C=CC(=O)N1.SSOSS. The van der Waals surface area contributed by atoms with Crippen LogP contribution in [0.5, 0.6) is 0 Å². The number of amides is 2. The summed E-state index contributed by atoms with van der Waals surface area (Å²) in [6.07, 6.45) is 2.39. The van der Waals surface area contributed by atoms with E-state index in [1.54, 1.807) is 0 Å². The summed E-state index contributed by atoms with van der Waals surface area (Å²) in [6.45, 7) is 0. The molecule has 1 aliphatic heterocycles. The molecule has 1 rings (SSSR count). The smallest absolute Gasteiger partial charge is 0.250 e. The number of rotatable bonds is 2. The van der Waals surface area contributed by atoms with Crippen LogP contribution in [0.25, 0.3) is 0 Å². The molecule has 0 aromatic heterocycles. The largest absolute Gasteiger partial charge is 0.289 e. The summed E-state index contributed by atoms with van der Waals surface area (Å²) in [4.78, 5) is 20.1. The van der Waals surface area contributed by atoms with Crippen LogP contribution in [0.15, 0.2) is 12.2 Å². The van der Waals surface area contributed by atoms with E-state index in [2.05, 4.69) is 27.0 Å². The van der Waals surface area contributed by atoms with Gasteiger partial charge in [0.05, 0.1) is 22.1 Å². The zero-order valence-corrected chi connectivity index (χ0v) is 9.01. The van der Waals surface area contributed by atoms with Crippen molar-refractivity contribution >= 4 is 57.3 Å². The van der Waals surface area contributed by atoms with Gasteiger partial charge >= 0.3 is 0 Å². The predicted octanol–water partition coefficient (Wildman–Crippen LogP) is 1.19. The highest BCUT2D eigenvalue weighted by Gasteiger charge is 2.06. The normalized spacial score (nSPS) is 13.8. The molecule has 12 heavy (non-hydrogen) atoms. The number of thiol groups is 2. The Hall–Kier alpha value is 0.240. The van der Waals surface area contributed by atoms with E-state index in [0.29, 0.717) is 0 Å². The average Bonchev–Trinajstić information content (AvgIpc) is 2.38. The second-order valence-electron chi connectivity index (χ2n) is 1.40. The van der Waals surface area contributed by atoms with Crippen molar-refractivity contribution in [1.82, 2.24) is 5.32 Å². The number of carbonyl (C=O) groups excluding carboxylic acids is 2.